The van der Waals surface area contributed by atoms with E-state index in [1.165, 1.54) is 12.1 Å². The molecule has 9 heteroatoms. The summed E-state index contributed by atoms with van der Waals surface area (Å²) in [5, 5.41) is 9.72. The summed E-state index contributed by atoms with van der Waals surface area (Å²) in [5.41, 5.74) is 1.64. The summed E-state index contributed by atoms with van der Waals surface area (Å²) in [5.74, 6) is -0.523. The van der Waals surface area contributed by atoms with E-state index in [1.807, 2.05) is 13.8 Å². The van der Waals surface area contributed by atoms with Gasteiger partial charge in [-0.25, -0.2) is 4.39 Å². The van der Waals surface area contributed by atoms with Crippen LogP contribution in [0, 0.1) is 12.7 Å². The molecule has 2 amide bonds. The molecule has 1 heterocycles. The molecule has 0 aliphatic heterocycles. The van der Waals surface area contributed by atoms with Crippen LogP contribution in [0.5, 0.6) is 0 Å². The lowest BCUT2D eigenvalue weighted by Gasteiger charge is -2.13. The Morgan fingerprint density at radius 2 is 1.97 bits per heavy atom. The van der Waals surface area contributed by atoms with Crippen LogP contribution in [0.1, 0.15) is 42.1 Å². The van der Waals surface area contributed by atoms with Crippen molar-refractivity contribution in [3.8, 4) is 11.4 Å². The Balaban J connectivity index is 1.65. The molecule has 3 aromatic rings. The van der Waals surface area contributed by atoms with Crippen molar-refractivity contribution in [3.05, 3.63) is 64.3 Å². The third-order valence-electron chi connectivity index (χ3n) is 4.38. The number of carbonyl (C=O) groups excluding carboxylic acids is 2. The number of aromatic nitrogens is 2. The van der Waals surface area contributed by atoms with E-state index >= 15 is 0 Å². The second-order valence-corrected chi connectivity index (χ2v) is 7.78. The minimum Gasteiger partial charge on any atom is -0.350 e. The maximum atomic E-state index is 13.7. The highest BCUT2D eigenvalue weighted by Crippen LogP contribution is 2.22. The monoisotopic (exact) mass is 444 g/mol. The SMILES string of the molecule is Cc1ccc(-c2noc(CCC(=O)Nc3cc(Cl)ccc3C(=O)NC(C)C)n2)cc1F. The normalized spacial score (nSPS) is 10.9. The lowest BCUT2D eigenvalue weighted by Crippen LogP contribution is -2.31. The van der Waals surface area contributed by atoms with Crippen LogP contribution in [0.15, 0.2) is 40.9 Å². The van der Waals surface area contributed by atoms with Crippen LogP contribution in [-0.2, 0) is 11.2 Å². The molecule has 7 nitrogen and oxygen atoms in total. The van der Waals surface area contributed by atoms with Gasteiger partial charge in [0.1, 0.15) is 5.82 Å². The van der Waals surface area contributed by atoms with Gasteiger partial charge in [0.25, 0.3) is 5.91 Å². The highest BCUT2D eigenvalue weighted by Gasteiger charge is 2.16. The summed E-state index contributed by atoms with van der Waals surface area (Å²) in [6, 6.07) is 9.27. The van der Waals surface area contributed by atoms with Crippen molar-refractivity contribution in [3.63, 3.8) is 0 Å². The van der Waals surface area contributed by atoms with E-state index in [-0.39, 0.29) is 48.2 Å². The van der Waals surface area contributed by atoms with Crippen molar-refractivity contribution in [2.24, 2.45) is 0 Å². The predicted octanol–water partition coefficient (Wildman–Crippen LogP) is 4.55. The highest BCUT2D eigenvalue weighted by atomic mass is 35.5. The van der Waals surface area contributed by atoms with Gasteiger partial charge in [-0.05, 0) is 50.6 Å². The largest absolute Gasteiger partial charge is 0.350 e. The molecule has 0 atom stereocenters. The van der Waals surface area contributed by atoms with E-state index in [1.54, 1.807) is 31.2 Å². The molecule has 162 valence electrons. The summed E-state index contributed by atoms with van der Waals surface area (Å²) in [7, 11) is 0. The van der Waals surface area contributed by atoms with E-state index in [0.29, 0.717) is 27.4 Å². The Hall–Kier alpha value is -3.26. The molecule has 2 aromatic carbocycles. The minimum absolute atomic E-state index is 0.0433. The fourth-order valence-corrected chi connectivity index (χ4v) is 2.97. The number of hydrogen-bond donors (Lipinski definition) is 2. The third-order valence-corrected chi connectivity index (χ3v) is 4.62. The van der Waals surface area contributed by atoms with Crippen molar-refractivity contribution in [1.29, 1.82) is 0 Å². The van der Waals surface area contributed by atoms with Crippen LogP contribution in [0.2, 0.25) is 5.02 Å². The standard InChI is InChI=1S/C22H22ClFN4O3/c1-12(2)25-22(30)16-7-6-15(23)11-18(16)26-19(29)8-9-20-27-21(28-31-20)14-5-4-13(3)17(24)10-14/h4-7,10-12H,8-9H2,1-3H3,(H,25,30)(H,26,29). The van der Waals surface area contributed by atoms with Gasteiger partial charge in [-0.15, -0.1) is 0 Å². The maximum Gasteiger partial charge on any atom is 0.253 e. The Morgan fingerprint density at radius 3 is 2.68 bits per heavy atom. The van der Waals surface area contributed by atoms with Crippen LogP contribution in [0.3, 0.4) is 0 Å². The minimum atomic E-state index is -0.359. The van der Waals surface area contributed by atoms with Crippen molar-refractivity contribution in [2.45, 2.75) is 39.7 Å². The Labute approximate surface area is 184 Å². The van der Waals surface area contributed by atoms with Gasteiger partial charge in [0.2, 0.25) is 17.6 Å². The van der Waals surface area contributed by atoms with Crippen LogP contribution in [0.25, 0.3) is 11.4 Å². The predicted molar refractivity (Wildman–Crippen MR) is 115 cm³/mol. The molecule has 31 heavy (non-hydrogen) atoms. The molecule has 0 radical (unpaired) electrons. The summed E-state index contributed by atoms with van der Waals surface area (Å²) in [4.78, 5) is 29.0. The van der Waals surface area contributed by atoms with E-state index in [9.17, 15) is 14.0 Å². The molecule has 0 spiro atoms. The number of nitrogens with zero attached hydrogens (tertiary/aromatic N) is 2. The zero-order valence-corrected chi connectivity index (χ0v) is 18.1. The lowest BCUT2D eigenvalue weighted by molar-refractivity contribution is -0.116. The van der Waals surface area contributed by atoms with Crippen molar-refractivity contribution in [1.82, 2.24) is 15.5 Å². The first-order chi connectivity index (χ1) is 14.7. The number of anilines is 1. The van der Waals surface area contributed by atoms with E-state index < -0.39 is 0 Å². The zero-order chi connectivity index (χ0) is 22.5. The number of carbonyl (C=O) groups is 2. The van der Waals surface area contributed by atoms with Crippen molar-refractivity contribution >= 4 is 29.1 Å². The van der Waals surface area contributed by atoms with Crippen LogP contribution in [-0.4, -0.2) is 28.0 Å². The molecule has 0 bridgehead atoms. The van der Waals surface area contributed by atoms with E-state index in [2.05, 4.69) is 20.8 Å². The molecule has 0 saturated carbocycles. The fraction of sp³-hybridized carbons (Fsp3) is 0.273. The summed E-state index contributed by atoms with van der Waals surface area (Å²) < 4.78 is 18.9. The smallest absolute Gasteiger partial charge is 0.253 e. The van der Waals surface area contributed by atoms with Gasteiger partial charge in [-0.2, -0.15) is 4.98 Å². The molecule has 3 rings (SSSR count). The van der Waals surface area contributed by atoms with E-state index in [4.69, 9.17) is 16.1 Å². The molecule has 0 aliphatic rings. The van der Waals surface area contributed by atoms with Crippen molar-refractivity contribution in [2.75, 3.05) is 5.32 Å². The average molecular weight is 445 g/mol. The van der Waals surface area contributed by atoms with Gasteiger partial charge in [0.15, 0.2) is 0 Å². The quantitative estimate of drug-likeness (QED) is 0.557. The molecule has 0 unspecified atom stereocenters. The molecule has 0 fully saturated rings. The van der Waals surface area contributed by atoms with Gasteiger partial charge in [0.05, 0.1) is 11.3 Å². The second-order valence-electron chi connectivity index (χ2n) is 7.34. The van der Waals surface area contributed by atoms with Crippen molar-refractivity contribution < 1.29 is 18.5 Å². The highest BCUT2D eigenvalue weighted by molar-refractivity contribution is 6.31. The first-order valence-corrected chi connectivity index (χ1v) is 10.1. The number of hydrogen-bond acceptors (Lipinski definition) is 5. The van der Waals surface area contributed by atoms with Crippen LogP contribution in [0.4, 0.5) is 10.1 Å². The van der Waals surface area contributed by atoms with Crippen LogP contribution < -0.4 is 10.6 Å². The van der Waals surface area contributed by atoms with Gasteiger partial charge < -0.3 is 15.2 Å². The molecule has 2 N–H and O–H groups in total. The lowest BCUT2D eigenvalue weighted by atomic mass is 10.1. The van der Waals surface area contributed by atoms with Gasteiger partial charge >= 0.3 is 0 Å². The number of benzene rings is 2. The Bertz CT molecular complexity index is 1110. The Kier molecular flexibility index (Phi) is 7.02. The summed E-state index contributed by atoms with van der Waals surface area (Å²) in [6.45, 7) is 5.35. The number of rotatable bonds is 7. The maximum absolute atomic E-state index is 13.7. The summed E-state index contributed by atoms with van der Waals surface area (Å²) in [6.07, 6.45) is 0.225. The number of halogens is 2. The molecular weight excluding hydrogens is 423 g/mol. The second kappa shape index (κ2) is 9.70. The third kappa shape index (κ3) is 5.88. The molecular formula is C22H22ClFN4O3. The van der Waals surface area contributed by atoms with Gasteiger partial charge in [0, 0.05) is 29.5 Å². The number of nitrogens with one attached hydrogen (secondary N) is 2. The average Bonchev–Trinajstić information content (AvgIpc) is 3.17. The number of aryl methyl sites for hydroxylation is 2. The molecule has 1 aromatic heterocycles. The first kappa shape index (κ1) is 22.4. The topological polar surface area (TPSA) is 97.1 Å². The molecule has 0 aliphatic carbocycles. The zero-order valence-electron chi connectivity index (χ0n) is 17.3. The van der Waals surface area contributed by atoms with Gasteiger partial charge in [-0.3, -0.25) is 9.59 Å². The number of amides is 2. The fourth-order valence-electron chi connectivity index (χ4n) is 2.80. The van der Waals surface area contributed by atoms with E-state index in [0.717, 1.165) is 0 Å². The Morgan fingerprint density at radius 1 is 1.19 bits per heavy atom. The van der Waals surface area contributed by atoms with Crippen LogP contribution >= 0.6 is 11.6 Å². The molecule has 0 saturated heterocycles. The summed E-state index contributed by atoms with van der Waals surface area (Å²) >= 11 is 6.02. The van der Waals surface area contributed by atoms with Gasteiger partial charge in [-0.1, -0.05) is 28.9 Å². The first-order valence-electron chi connectivity index (χ1n) is 9.72.